The van der Waals surface area contributed by atoms with E-state index in [-0.39, 0.29) is 5.92 Å². The van der Waals surface area contributed by atoms with Crippen molar-refractivity contribution in [1.82, 2.24) is 9.55 Å². The SMILES string of the molecule is CC[C@@]1(C(C)C)O[C@@H](n2cc(C)c(=O)[nH]c2=O)[C@@H](O)[C@@H]1OC. The quantitative estimate of drug-likeness (QED) is 0.847. The molecule has 0 spiro atoms. The Labute approximate surface area is 128 Å². The maximum Gasteiger partial charge on any atom is 0.330 e. The molecule has 7 heteroatoms. The Morgan fingerprint density at radius 1 is 1.50 bits per heavy atom. The molecule has 1 aromatic heterocycles. The number of aromatic amines is 1. The van der Waals surface area contributed by atoms with E-state index in [4.69, 9.17) is 9.47 Å². The summed E-state index contributed by atoms with van der Waals surface area (Å²) in [5.74, 6) is 0.0849. The number of H-pyrrole nitrogens is 1. The molecule has 0 aromatic carbocycles. The molecule has 1 saturated heterocycles. The molecule has 22 heavy (non-hydrogen) atoms. The zero-order valence-electron chi connectivity index (χ0n) is 13.6. The second-order valence-electron chi connectivity index (χ2n) is 6.10. The van der Waals surface area contributed by atoms with Gasteiger partial charge in [0.1, 0.15) is 17.8 Å². The third-order valence-corrected chi connectivity index (χ3v) is 4.63. The second-order valence-corrected chi connectivity index (χ2v) is 6.10. The normalized spacial score (nSPS) is 31.9. The monoisotopic (exact) mass is 312 g/mol. The van der Waals surface area contributed by atoms with Crippen molar-refractivity contribution >= 4 is 0 Å². The van der Waals surface area contributed by atoms with Crippen LogP contribution in [-0.4, -0.2) is 39.6 Å². The fourth-order valence-electron chi connectivity index (χ4n) is 3.29. The Morgan fingerprint density at radius 2 is 2.14 bits per heavy atom. The van der Waals surface area contributed by atoms with Gasteiger partial charge in [0.2, 0.25) is 0 Å². The van der Waals surface area contributed by atoms with Gasteiger partial charge in [-0.25, -0.2) is 4.79 Å². The number of nitrogens with one attached hydrogen (secondary N) is 1. The van der Waals surface area contributed by atoms with E-state index >= 15 is 0 Å². The number of aliphatic hydroxyl groups excluding tert-OH is 1. The average molecular weight is 312 g/mol. The Balaban J connectivity index is 2.53. The van der Waals surface area contributed by atoms with Gasteiger partial charge in [0.05, 0.1) is 0 Å². The number of nitrogens with zero attached hydrogens (tertiary/aromatic N) is 1. The third-order valence-electron chi connectivity index (χ3n) is 4.63. The molecule has 0 unspecified atom stereocenters. The molecule has 0 saturated carbocycles. The van der Waals surface area contributed by atoms with Crippen molar-refractivity contribution in [2.45, 2.75) is 58.2 Å². The van der Waals surface area contributed by atoms with E-state index in [1.165, 1.54) is 17.9 Å². The Kier molecular flexibility index (Phi) is 4.60. The minimum Gasteiger partial charge on any atom is -0.386 e. The lowest BCUT2D eigenvalue weighted by Gasteiger charge is -2.36. The molecule has 0 amide bonds. The Bertz CT molecular complexity index is 650. The van der Waals surface area contributed by atoms with E-state index < -0.39 is 35.3 Å². The fourth-order valence-corrected chi connectivity index (χ4v) is 3.29. The number of aliphatic hydroxyl groups is 1. The van der Waals surface area contributed by atoms with Crippen molar-refractivity contribution in [2.24, 2.45) is 5.92 Å². The molecule has 1 aromatic rings. The summed E-state index contributed by atoms with van der Waals surface area (Å²) in [5.41, 5.74) is -1.36. The first kappa shape index (κ1) is 16.9. The highest BCUT2D eigenvalue weighted by molar-refractivity contribution is 5.06. The smallest absolute Gasteiger partial charge is 0.330 e. The molecule has 0 bridgehead atoms. The van der Waals surface area contributed by atoms with Crippen LogP contribution in [0.15, 0.2) is 15.8 Å². The van der Waals surface area contributed by atoms with Crippen LogP contribution >= 0.6 is 0 Å². The van der Waals surface area contributed by atoms with Gasteiger partial charge in [-0.3, -0.25) is 14.3 Å². The number of aryl methyl sites for hydroxylation is 1. The number of ether oxygens (including phenoxy) is 2. The number of hydrogen-bond acceptors (Lipinski definition) is 5. The van der Waals surface area contributed by atoms with Crippen molar-refractivity contribution in [3.8, 4) is 0 Å². The lowest BCUT2D eigenvalue weighted by atomic mass is 9.82. The highest BCUT2D eigenvalue weighted by Gasteiger charge is 2.56. The van der Waals surface area contributed by atoms with Crippen molar-refractivity contribution in [1.29, 1.82) is 0 Å². The van der Waals surface area contributed by atoms with Crippen LogP contribution in [0.5, 0.6) is 0 Å². The third kappa shape index (κ3) is 2.43. The molecular weight excluding hydrogens is 288 g/mol. The van der Waals surface area contributed by atoms with Gasteiger partial charge < -0.3 is 14.6 Å². The molecule has 7 nitrogen and oxygen atoms in total. The summed E-state index contributed by atoms with van der Waals surface area (Å²) in [6, 6.07) is 0. The molecule has 124 valence electrons. The average Bonchev–Trinajstić information content (AvgIpc) is 2.76. The summed E-state index contributed by atoms with van der Waals surface area (Å²) in [6.07, 6.45) is -0.408. The van der Waals surface area contributed by atoms with Crippen LogP contribution in [0.25, 0.3) is 0 Å². The molecule has 1 aliphatic heterocycles. The van der Waals surface area contributed by atoms with E-state index in [9.17, 15) is 14.7 Å². The Morgan fingerprint density at radius 3 is 2.59 bits per heavy atom. The summed E-state index contributed by atoms with van der Waals surface area (Å²) in [6.45, 7) is 7.54. The van der Waals surface area contributed by atoms with E-state index in [0.29, 0.717) is 12.0 Å². The lowest BCUT2D eigenvalue weighted by Crippen LogP contribution is -2.48. The molecular formula is C15H24N2O5. The van der Waals surface area contributed by atoms with Gasteiger partial charge in [0, 0.05) is 18.9 Å². The zero-order chi connectivity index (χ0) is 16.7. The molecule has 2 N–H and O–H groups in total. The predicted octanol–water partition coefficient (Wildman–Crippen LogP) is 0.555. The summed E-state index contributed by atoms with van der Waals surface area (Å²) >= 11 is 0. The molecule has 2 heterocycles. The van der Waals surface area contributed by atoms with E-state index in [2.05, 4.69) is 4.98 Å². The molecule has 0 radical (unpaired) electrons. The van der Waals surface area contributed by atoms with Gasteiger partial charge in [-0.05, 0) is 19.3 Å². The van der Waals surface area contributed by atoms with Crippen molar-refractivity contribution in [3.63, 3.8) is 0 Å². The minimum atomic E-state index is -1.00. The fraction of sp³-hybridized carbons (Fsp3) is 0.733. The summed E-state index contributed by atoms with van der Waals surface area (Å²) < 4.78 is 12.8. The predicted molar refractivity (Wildman–Crippen MR) is 80.8 cm³/mol. The van der Waals surface area contributed by atoms with Crippen LogP contribution in [0.4, 0.5) is 0 Å². The first-order valence-electron chi connectivity index (χ1n) is 7.49. The number of rotatable bonds is 4. The number of hydrogen-bond donors (Lipinski definition) is 2. The van der Waals surface area contributed by atoms with Gasteiger partial charge in [-0.15, -0.1) is 0 Å². The molecule has 0 aliphatic carbocycles. The molecule has 4 atom stereocenters. The van der Waals surface area contributed by atoms with E-state index in [0.717, 1.165) is 0 Å². The van der Waals surface area contributed by atoms with Gasteiger partial charge in [-0.1, -0.05) is 20.8 Å². The lowest BCUT2D eigenvalue weighted by molar-refractivity contribution is -0.138. The highest BCUT2D eigenvalue weighted by atomic mass is 16.6. The van der Waals surface area contributed by atoms with Crippen LogP contribution in [0.2, 0.25) is 0 Å². The maximum atomic E-state index is 12.1. The highest BCUT2D eigenvalue weighted by Crippen LogP contribution is 2.44. The first-order chi connectivity index (χ1) is 10.3. The molecule has 1 aliphatic rings. The van der Waals surface area contributed by atoms with E-state index in [1.54, 1.807) is 6.92 Å². The number of aromatic nitrogens is 2. The van der Waals surface area contributed by atoms with Gasteiger partial charge in [-0.2, -0.15) is 0 Å². The van der Waals surface area contributed by atoms with Gasteiger partial charge in [0.15, 0.2) is 6.23 Å². The summed E-state index contributed by atoms with van der Waals surface area (Å²) in [5, 5.41) is 10.6. The van der Waals surface area contributed by atoms with Crippen molar-refractivity contribution in [3.05, 3.63) is 32.6 Å². The zero-order valence-corrected chi connectivity index (χ0v) is 13.6. The second kappa shape index (κ2) is 5.98. The topological polar surface area (TPSA) is 93.6 Å². The van der Waals surface area contributed by atoms with Crippen LogP contribution in [-0.2, 0) is 9.47 Å². The van der Waals surface area contributed by atoms with Crippen LogP contribution < -0.4 is 11.2 Å². The van der Waals surface area contributed by atoms with Gasteiger partial charge in [0.25, 0.3) is 5.56 Å². The summed E-state index contributed by atoms with van der Waals surface area (Å²) in [7, 11) is 1.52. The number of methoxy groups -OCH3 is 1. The standard InChI is InChI=1S/C15H24N2O5/c1-6-15(8(2)3)11(21-5)10(18)13(22-15)17-7-9(4)12(19)16-14(17)20/h7-8,10-11,13,18H,6H2,1-5H3,(H,16,19,20)/t10-,11-,13+,15-/m0/s1. The van der Waals surface area contributed by atoms with Crippen LogP contribution in [0.1, 0.15) is 39.0 Å². The largest absolute Gasteiger partial charge is 0.386 e. The van der Waals surface area contributed by atoms with Crippen molar-refractivity contribution < 1.29 is 14.6 Å². The molecule has 2 rings (SSSR count). The van der Waals surface area contributed by atoms with Crippen LogP contribution in [0.3, 0.4) is 0 Å². The van der Waals surface area contributed by atoms with Gasteiger partial charge >= 0.3 is 5.69 Å². The Hall–Kier alpha value is -1.44. The minimum absolute atomic E-state index is 0.0849. The first-order valence-corrected chi connectivity index (χ1v) is 7.49. The van der Waals surface area contributed by atoms with E-state index in [1.807, 2.05) is 20.8 Å². The summed E-state index contributed by atoms with van der Waals surface area (Å²) in [4.78, 5) is 25.8. The molecule has 1 fully saturated rings. The van der Waals surface area contributed by atoms with Crippen LogP contribution in [0, 0.1) is 12.8 Å². The maximum absolute atomic E-state index is 12.1. The van der Waals surface area contributed by atoms with Crippen molar-refractivity contribution in [2.75, 3.05) is 7.11 Å².